The molecule has 0 aliphatic heterocycles. The van der Waals surface area contributed by atoms with Crippen LogP contribution in [0.4, 0.5) is 22.0 Å². The molecule has 0 aromatic heterocycles. The molecule has 2 unspecified atom stereocenters. The van der Waals surface area contributed by atoms with Crippen LogP contribution in [0.15, 0.2) is 11.8 Å². The third-order valence-electron chi connectivity index (χ3n) is 3.74. The van der Waals surface area contributed by atoms with E-state index in [-0.39, 0.29) is 12.8 Å². The molecule has 11 heteroatoms. The third kappa shape index (κ3) is 5.04. The number of allylic oxidation sites excluding steroid dienone is 2. The van der Waals surface area contributed by atoms with Crippen molar-refractivity contribution in [2.45, 2.75) is 43.0 Å². The van der Waals surface area contributed by atoms with E-state index in [4.69, 9.17) is 5.26 Å². The fourth-order valence-corrected chi connectivity index (χ4v) is 4.16. The lowest BCUT2D eigenvalue weighted by Crippen LogP contribution is -2.40. The number of nitrogens with one attached hydrogen (secondary N) is 1. The summed E-state index contributed by atoms with van der Waals surface area (Å²) in [5.41, 5.74) is 3.25. The molecule has 1 aliphatic rings. The quantitative estimate of drug-likeness (QED) is 0.546. The minimum absolute atomic E-state index is 0.179. The van der Waals surface area contributed by atoms with Gasteiger partial charge in [-0.3, -0.25) is 10.3 Å². The first kappa shape index (κ1) is 20.6. The van der Waals surface area contributed by atoms with Crippen LogP contribution in [0.25, 0.3) is 0 Å². The van der Waals surface area contributed by atoms with Crippen LogP contribution in [0.3, 0.4) is 0 Å². The molecule has 0 radical (unpaired) electrons. The molecule has 0 heterocycles. The van der Waals surface area contributed by atoms with Gasteiger partial charge in [0.05, 0.1) is 18.9 Å². The molecule has 0 saturated carbocycles. The Balaban J connectivity index is 2.80. The highest BCUT2D eigenvalue weighted by Gasteiger charge is 2.57. The summed E-state index contributed by atoms with van der Waals surface area (Å²) in [7, 11) is -3.03. The maximum absolute atomic E-state index is 12.9. The summed E-state index contributed by atoms with van der Waals surface area (Å²) in [5.74, 6) is -7.18. The van der Waals surface area contributed by atoms with Gasteiger partial charge in [-0.05, 0) is 25.2 Å². The monoisotopic (exact) mass is 376 g/mol. The van der Waals surface area contributed by atoms with E-state index in [9.17, 15) is 30.4 Å². The number of hydroxylamine groups is 1. The van der Waals surface area contributed by atoms with Crippen LogP contribution in [0.5, 0.6) is 0 Å². The normalized spacial score (nSPS) is 20.9. The van der Waals surface area contributed by atoms with Gasteiger partial charge in [-0.1, -0.05) is 6.08 Å². The van der Waals surface area contributed by atoms with Gasteiger partial charge in [0, 0.05) is 12.1 Å². The Morgan fingerprint density at radius 3 is 2.46 bits per heavy atom. The van der Waals surface area contributed by atoms with Crippen molar-refractivity contribution in [2.75, 3.05) is 12.9 Å². The van der Waals surface area contributed by atoms with Gasteiger partial charge in [0.1, 0.15) is 0 Å². The van der Waals surface area contributed by atoms with Crippen LogP contribution in [0, 0.1) is 17.2 Å². The number of hydrogen-bond acceptors (Lipinski definition) is 5. The number of halogens is 5. The lowest BCUT2D eigenvalue weighted by atomic mass is 9.90. The Bertz CT molecular complexity index is 610. The molecule has 138 valence electrons. The topological polar surface area (TPSA) is 79.2 Å². The van der Waals surface area contributed by atoms with Crippen molar-refractivity contribution in [1.29, 1.82) is 5.26 Å². The standard InChI is InChI=1S/C13H17F5N2O3S/c1-23-20-10-4-2-9(3-5-10)11(8-19)24(21,22)7-6-12(14,15)13(16,17)18/h4,9,11,20H,2-3,5-7H2,1H3. The summed E-state index contributed by atoms with van der Waals surface area (Å²) < 4.78 is 86.3. The third-order valence-corrected chi connectivity index (χ3v) is 5.78. The van der Waals surface area contributed by atoms with Crippen LogP contribution in [-0.2, 0) is 14.7 Å². The van der Waals surface area contributed by atoms with Crippen molar-refractivity contribution in [1.82, 2.24) is 5.48 Å². The van der Waals surface area contributed by atoms with Crippen LogP contribution in [0.2, 0.25) is 0 Å². The molecule has 24 heavy (non-hydrogen) atoms. The first-order valence-corrected chi connectivity index (χ1v) is 8.70. The summed E-state index contributed by atoms with van der Waals surface area (Å²) in [4.78, 5) is 4.69. The van der Waals surface area contributed by atoms with Crippen molar-refractivity contribution in [3.05, 3.63) is 11.8 Å². The zero-order valence-corrected chi connectivity index (χ0v) is 13.6. The van der Waals surface area contributed by atoms with Gasteiger partial charge in [-0.25, -0.2) is 8.42 Å². The maximum Gasteiger partial charge on any atom is 0.453 e. The molecule has 2 atom stereocenters. The van der Waals surface area contributed by atoms with Gasteiger partial charge in [0.2, 0.25) is 0 Å². The summed E-state index contributed by atoms with van der Waals surface area (Å²) in [6.45, 7) is 0. The van der Waals surface area contributed by atoms with E-state index in [0.29, 0.717) is 12.1 Å². The molecule has 0 fully saturated rings. The second-order valence-electron chi connectivity index (χ2n) is 5.44. The van der Waals surface area contributed by atoms with E-state index in [0.717, 1.165) is 0 Å². The van der Waals surface area contributed by atoms with E-state index in [1.807, 2.05) is 0 Å². The minimum Gasteiger partial charge on any atom is -0.280 e. The largest absolute Gasteiger partial charge is 0.453 e. The molecular formula is C13H17F5N2O3S. The molecule has 0 amide bonds. The number of rotatable bonds is 7. The van der Waals surface area contributed by atoms with Crippen LogP contribution in [-0.4, -0.2) is 38.6 Å². The lowest BCUT2D eigenvalue weighted by molar-refractivity contribution is -0.282. The van der Waals surface area contributed by atoms with Crippen LogP contribution < -0.4 is 5.48 Å². The summed E-state index contributed by atoms with van der Waals surface area (Å²) >= 11 is 0. The van der Waals surface area contributed by atoms with Crippen molar-refractivity contribution in [3.8, 4) is 6.07 Å². The number of hydrogen-bond donors (Lipinski definition) is 1. The van der Waals surface area contributed by atoms with Gasteiger partial charge < -0.3 is 0 Å². The highest BCUT2D eigenvalue weighted by molar-refractivity contribution is 7.92. The molecule has 0 aromatic rings. The Morgan fingerprint density at radius 2 is 2.04 bits per heavy atom. The number of alkyl halides is 5. The van der Waals surface area contributed by atoms with Crippen molar-refractivity contribution in [2.24, 2.45) is 5.92 Å². The van der Waals surface area contributed by atoms with E-state index in [1.165, 1.54) is 13.2 Å². The molecule has 0 aromatic carbocycles. The molecule has 1 aliphatic carbocycles. The summed E-state index contributed by atoms with van der Waals surface area (Å²) in [6, 6.07) is 1.54. The van der Waals surface area contributed by atoms with Crippen molar-refractivity contribution in [3.63, 3.8) is 0 Å². The van der Waals surface area contributed by atoms with Gasteiger partial charge in [-0.2, -0.15) is 27.2 Å². The van der Waals surface area contributed by atoms with Crippen molar-refractivity contribution < 1.29 is 35.2 Å². The average molecular weight is 376 g/mol. The zero-order valence-electron chi connectivity index (χ0n) is 12.7. The first-order valence-electron chi connectivity index (χ1n) is 6.98. The Morgan fingerprint density at radius 1 is 1.42 bits per heavy atom. The highest BCUT2D eigenvalue weighted by Crippen LogP contribution is 2.39. The minimum atomic E-state index is -5.82. The predicted molar refractivity (Wildman–Crippen MR) is 74.4 cm³/mol. The Labute approximate surface area is 136 Å². The van der Waals surface area contributed by atoms with Gasteiger partial charge in [-0.15, -0.1) is 0 Å². The van der Waals surface area contributed by atoms with Crippen LogP contribution >= 0.6 is 0 Å². The van der Waals surface area contributed by atoms with Gasteiger partial charge in [0.25, 0.3) is 0 Å². The number of nitrogens with zero attached hydrogens (tertiary/aromatic N) is 1. The number of nitriles is 1. The SMILES string of the molecule is CONC1=CCC(C(C#N)S(=O)(=O)CCC(F)(F)C(F)(F)F)CC1. The molecular weight excluding hydrogens is 359 g/mol. The van der Waals surface area contributed by atoms with E-state index in [1.54, 1.807) is 6.08 Å². The molecule has 5 nitrogen and oxygen atoms in total. The Hall–Kier alpha value is -1.41. The lowest BCUT2D eigenvalue weighted by Gasteiger charge is -2.26. The van der Waals surface area contributed by atoms with E-state index >= 15 is 0 Å². The van der Waals surface area contributed by atoms with E-state index < -0.39 is 45.3 Å². The second-order valence-corrected chi connectivity index (χ2v) is 7.68. The molecule has 0 bridgehead atoms. The van der Waals surface area contributed by atoms with Crippen LogP contribution in [0.1, 0.15) is 25.7 Å². The first-order chi connectivity index (χ1) is 10.9. The van der Waals surface area contributed by atoms with Gasteiger partial charge in [0.15, 0.2) is 15.1 Å². The molecule has 0 spiro atoms. The maximum atomic E-state index is 12.9. The summed E-state index contributed by atoms with van der Waals surface area (Å²) in [5, 5.41) is 7.45. The molecule has 1 rings (SSSR count). The highest BCUT2D eigenvalue weighted by atomic mass is 32.2. The fraction of sp³-hybridized carbons (Fsp3) is 0.769. The second kappa shape index (κ2) is 7.65. The average Bonchev–Trinajstić information content (AvgIpc) is 2.47. The number of sulfone groups is 1. The zero-order chi connectivity index (χ0) is 18.6. The molecule has 0 saturated heterocycles. The summed E-state index contributed by atoms with van der Waals surface area (Å²) in [6.07, 6.45) is -5.27. The predicted octanol–water partition coefficient (Wildman–Crippen LogP) is 2.72. The smallest absolute Gasteiger partial charge is 0.280 e. The van der Waals surface area contributed by atoms with E-state index in [2.05, 4.69) is 10.3 Å². The Kier molecular flexibility index (Phi) is 6.58. The van der Waals surface area contributed by atoms with Gasteiger partial charge >= 0.3 is 12.1 Å². The van der Waals surface area contributed by atoms with Crippen molar-refractivity contribution >= 4 is 9.84 Å². The molecule has 1 N–H and O–H groups in total. The fourth-order valence-electron chi connectivity index (χ4n) is 2.37.